The largest absolute Gasteiger partial charge is 0.453 e. The summed E-state index contributed by atoms with van der Waals surface area (Å²) in [6, 6.07) is 5.83. The molecular formula is C12H5F2NO2. The second-order valence-corrected chi connectivity index (χ2v) is 3.58. The highest BCUT2D eigenvalue weighted by atomic mass is 19.1. The molecule has 0 aromatic heterocycles. The molecule has 0 atom stereocenters. The lowest BCUT2D eigenvalue weighted by atomic mass is 10.2. The Balaban J connectivity index is 2.45. The molecule has 0 fully saturated rings. The van der Waals surface area contributed by atoms with E-state index in [9.17, 15) is 13.6 Å². The molecule has 3 nitrogen and oxygen atoms in total. The number of rotatable bonds is 0. The van der Waals surface area contributed by atoms with Crippen LogP contribution in [0.5, 0.6) is 0 Å². The van der Waals surface area contributed by atoms with E-state index in [0.717, 1.165) is 18.2 Å². The van der Waals surface area contributed by atoms with Crippen LogP contribution in [0.15, 0.2) is 39.5 Å². The van der Waals surface area contributed by atoms with Gasteiger partial charge in [-0.3, -0.25) is 4.79 Å². The fourth-order valence-electron chi connectivity index (χ4n) is 1.60. The molecule has 0 unspecified atom stereocenters. The first-order valence-corrected chi connectivity index (χ1v) is 4.83. The van der Waals surface area contributed by atoms with Crippen molar-refractivity contribution < 1.29 is 13.2 Å². The van der Waals surface area contributed by atoms with Crippen molar-refractivity contribution in [2.45, 2.75) is 0 Å². The number of fused-ring (bicyclic) bond motifs is 2. The Kier molecular flexibility index (Phi) is 1.95. The van der Waals surface area contributed by atoms with Gasteiger partial charge in [0.15, 0.2) is 17.2 Å². The lowest BCUT2D eigenvalue weighted by molar-refractivity contribution is 0.583. The highest BCUT2D eigenvalue weighted by molar-refractivity contribution is 5.76. The summed E-state index contributed by atoms with van der Waals surface area (Å²) in [5, 5.41) is 0. The van der Waals surface area contributed by atoms with E-state index in [4.69, 9.17) is 4.42 Å². The Labute approximate surface area is 93.7 Å². The zero-order valence-electron chi connectivity index (χ0n) is 8.41. The van der Waals surface area contributed by atoms with E-state index in [2.05, 4.69) is 4.98 Å². The van der Waals surface area contributed by atoms with E-state index in [1.165, 1.54) is 12.1 Å². The van der Waals surface area contributed by atoms with Crippen molar-refractivity contribution in [2.75, 3.05) is 0 Å². The summed E-state index contributed by atoms with van der Waals surface area (Å²) >= 11 is 0. The molecule has 2 aliphatic rings. The molecule has 0 bridgehead atoms. The molecule has 1 aliphatic carbocycles. The second-order valence-electron chi connectivity index (χ2n) is 3.58. The smallest absolute Gasteiger partial charge is 0.218 e. The van der Waals surface area contributed by atoms with Gasteiger partial charge < -0.3 is 4.42 Å². The second kappa shape index (κ2) is 3.35. The third kappa shape index (κ3) is 1.56. The molecule has 0 spiro atoms. The normalized spacial score (nSPS) is 11.2. The molecule has 0 radical (unpaired) electrons. The standard InChI is InChI=1S/C12H5F2NO2/c13-6-1-2-8-11(3-6)17-12-5-10(16)7(14)4-9(12)15-8/h1-5H. The highest BCUT2D eigenvalue weighted by Crippen LogP contribution is 2.24. The highest BCUT2D eigenvalue weighted by Gasteiger charge is 2.12. The van der Waals surface area contributed by atoms with Gasteiger partial charge in [0.25, 0.3) is 0 Å². The third-order valence-electron chi connectivity index (χ3n) is 2.40. The Morgan fingerprint density at radius 2 is 1.94 bits per heavy atom. The summed E-state index contributed by atoms with van der Waals surface area (Å²) < 4.78 is 31.3. The summed E-state index contributed by atoms with van der Waals surface area (Å²) in [5.41, 5.74) is 0.0560. The molecule has 5 heteroatoms. The molecule has 84 valence electrons. The van der Waals surface area contributed by atoms with Crippen LogP contribution in [0.25, 0.3) is 22.6 Å². The maximum Gasteiger partial charge on any atom is 0.218 e. The maximum atomic E-state index is 13.1. The average molecular weight is 233 g/mol. The van der Waals surface area contributed by atoms with Crippen molar-refractivity contribution in [3.8, 4) is 11.5 Å². The first-order chi connectivity index (χ1) is 8.13. The molecule has 1 aliphatic heterocycles. The van der Waals surface area contributed by atoms with E-state index in [0.29, 0.717) is 5.52 Å². The predicted molar refractivity (Wildman–Crippen MR) is 56.8 cm³/mol. The van der Waals surface area contributed by atoms with Crippen molar-refractivity contribution in [1.82, 2.24) is 4.98 Å². The Bertz CT molecular complexity index is 751. The van der Waals surface area contributed by atoms with E-state index >= 15 is 0 Å². The molecule has 17 heavy (non-hydrogen) atoms. The zero-order chi connectivity index (χ0) is 12.0. The van der Waals surface area contributed by atoms with Crippen LogP contribution in [0.4, 0.5) is 8.78 Å². The van der Waals surface area contributed by atoms with Crippen LogP contribution in [-0.2, 0) is 0 Å². The van der Waals surface area contributed by atoms with Gasteiger partial charge in [-0.05, 0) is 12.1 Å². The first-order valence-electron chi connectivity index (χ1n) is 4.83. The van der Waals surface area contributed by atoms with Gasteiger partial charge in [-0.2, -0.15) is 0 Å². The fourth-order valence-corrected chi connectivity index (χ4v) is 1.60. The summed E-state index contributed by atoms with van der Waals surface area (Å²) in [7, 11) is 0. The van der Waals surface area contributed by atoms with Gasteiger partial charge >= 0.3 is 0 Å². The predicted octanol–water partition coefficient (Wildman–Crippen LogP) is 2.57. The molecule has 1 aromatic rings. The fraction of sp³-hybridized carbons (Fsp3) is 0. The number of aromatic nitrogens is 1. The van der Waals surface area contributed by atoms with Crippen molar-refractivity contribution in [2.24, 2.45) is 0 Å². The van der Waals surface area contributed by atoms with Crippen molar-refractivity contribution >= 4 is 11.1 Å². The first kappa shape index (κ1) is 9.89. The van der Waals surface area contributed by atoms with E-state index < -0.39 is 17.1 Å². The number of halogens is 2. The average Bonchev–Trinajstić information content (AvgIpc) is 2.28. The van der Waals surface area contributed by atoms with Crippen LogP contribution in [0.3, 0.4) is 0 Å². The van der Waals surface area contributed by atoms with Crippen LogP contribution < -0.4 is 5.43 Å². The minimum Gasteiger partial charge on any atom is -0.453 e. The maximum absolute atomic E-state index is 13.1. The summed E-state index contributed by atoms with van der Waals surface area (Å²) in [6.45, 7) is 0. The van der Waals surface area contributed by atoms with E-state index in [1.807, 2.05) is 0 Å². The molecule has 0 saturated heterocycles. The van der Waals surface area contributed by atoms with Crippen LogP contribution in [-0.4, -0.2) is 4.98 Å². The van der Waals surface area contributed by atoms with Crippen LogP contribution >= 0.6 is 0 Å². The minimum absolute atomic E-state index is 0.134. The molecule has 3 rings (SSSR count). The van der Waals surface area contributed by atoms with Gasteiger partial charge in [0.05, 0.1) is 0 Å². The molecule has 1 heterocycles. The van der Waals surface area contributed by atoms with E-state index in [-0.39, 0.29) is 17.0 Å². The van der Waals surface area contributed by atoms with Gasteiger partial charge in [-0.1, -0.05) is 0 Å². The Morgan fingerprint density at radius 3 is 2.76 bits per heavy atom. The van der Waals surface area contributed by atoms with Crippen molar-refractivity contribution in [1.29, 1.82) is 0 Å². The third-order valence-corrected chi connectivity index (χ3v) is 2.40. The van der Waals surface area contributed by atoms with Gasteiger partial charge in [0, 0.05) is 18.2 Å². The quantitative estimate of drug-likeness (QED) is 0.560. The monoisotopic (exact) mass is 233 g/mol. The molecule has 0 N–H and O–H groups in total. The lowest BCUT2D eigenvalue weighted by Crippen LogP contribution is -2.06. The van der Waals surface area contributed by atoms with Crippen molar-refractivity contribution in [3.05, 3.63) is 52.2 Å². The Morgan fingerprint density at radius 1 is 1.12 bits per heavy atom. The lowest BCUT2D eigenvalue weighted by Gasteiger charge is -2.05. The number of hydrogen-bond acceptors (Lipinski definition) is 3. The number of benzene rings is 2. The minimum atomic E-state index is -0.887. The van der Waals surface area contributed by atoms with Gasteiger partial charge in [0.2, 0.25) is 5.43 Å². The van der Waals surface area contributed by atoms with Crippen LogP contribution in [0.1, 0.15) is 0 Å². The zero-order valence-corrected chi connectivity index (χ0v) is 8.41. The summed E-state index contributed by atoms with van der Waals surface area (Å²) in [4.78, 5) is 15.2. The van der Waals surface area contributed by atoms with Gasteiger partial charge in [-0.15, -0.1) is 0 Å². The molecule has 0 saturated carbocycles. The molecule has 0 amide bonds. The van der Waals surface area contributed by atoms with Gasteiger partial charge in [0.1, 0.15) is 17.0 Å². The topological polar surface area (TPSA) is 43.1 Å². The Hall–Kier alpha value is -2.30. The molecular weight excluding hydrogens is 228 g/mol. The van der Waals surface area contributed by atoms with Gasteiger partial charge in [-0.25, -0.2) is 13.8 Å². The van der Waals surface area contributed by atoms with E-state index in [1.54, 1.807) is 0 Å². The SMILES string of the molecule is O=c1cc2oc3cc(F)ccc3nc-2cc1F. The number of hydrogen-bond donors (Lipinski definition) is 0. The number of nitrogens with zero attached hydrogens (tertiary/aromatic N) is 1. The summed E-state index contributed by atoms with van der Waals surface area (Å²) in [5.74, 6) is -1.22. The van der Waals surface area contributed by atoms with Crippen LogP contribution in [0.2, 0.25) is 0 Å². The van der Waals surface area contributed by atoms with Crippen molar-refractivity contribution in [3.63, 3.8) is 0 Å². The van der Waals surface area contributed by atoms with Crippen LogP contribution in [0, 0.1) is 11.6 Å². The molecule has 1 aromatic carbocycles. The summed E-state index contributed by atoms with van der Waals surface area (Å²) in [6.07, 6.45) is 0.